The monoisotopic (exact) mass is 420 g/mol. The summed E-state index contributed by atoms with van der Waals surface area (Å²) >= 11 is 9.01. The first-order valence-electron chi connectivity index (χ1n) is 8.03. The van der Waals surface area contributed by atoms with Gasteiger partial charge in [0.05, 0.1) is 11.5 Å². The van der Waals surface area contributed by atoms with Crippen LogP contribution in [0.5, 0.6) is 0 Å². The van der Waals surface area contributed by atoms with Crippen molar-refractivity contribution in [3.63, 3.8) is 0 Å². The van der Waals surface area contributed by atoms with Crippen LogP contribution < -0.4 is 4.90 Å². The molecule has 0 unspecified atom stereocenters. The van der Waals surface area contributed by atoms with E-state index < -0.39 is 5.97 Å². The Morgan fingerprint density at radius 1 is 1.08 bits per heavy atom. The summed E-state index contributed by atoms with van der Waals surface area (Å²) in [5, 5.41) is 9.24. The van der Waals surface area contributed by atoms with Gasteiger partial charge in [-0.2, -0.15) is 0 Å². The molecular weight excluding hydrogens is 400 g/mol. The maximum Gasteiger partial charge on any atom is 0.323 e. The third kappa shape index (κ3) is 6.14. The molecule has 0 spiro atoms. The highest BCUT2D eigenvalue weighted by Gasteiger charge is 2.16. The lowest BCUT2D eigenvalue weighted by Gasteiger charge is -2.29. The van der Waals surface area contributed by atoms with Crippen LogP contribution in [0.1, 0.15) is 12.5 Å². The van der Waals surface area contributed by atoms with Crippen LogP contribution in [0.4, 0.5) is 5.69 Å². The Hall–Kier alpha value is -1.92. The van der Waals surface area contributed by atoms with E-state index in [0.29, 0.717) is 6.54 Å². The number of hydrogen-bond donors (Lipinski definition) is 1. The molecule has 0 aliphatic rings. The first-order valence-corrected chi connectivity index (χ1v) is 9.23. The molecule has 0 atom stereocenters. The number of anilines is 1. The summed E-state index contributed by atoms with van der Waals surface area (Å²) in [7, 11) is 0. The predicted octanol–water partition coefficient (Wildman–Crippen LogP) is 4.19. The number of hydrogen-bond acceptors (Lipinski definition) is 3. The highest BCUT2D eigenvalue weighted by Crippen LogP contribution is 2.19. The van der Waals surface area contributed by atoms with Gasteiger partial charge in [-0.15, -0.1) is 0 Å². The molecule has 4 nitrogen and oxygen atoms in total. The van der Waals surface area contributed by atoms with Gasteiger partial charge >= 0.3 is 5.97 Å². The van der Waals surface area contributed by atoms with Crippen molar-refractivity contribution in [1.29, 1.82) is 0 Å². The minimum atomic E-state index is -0.878. The minimum Gasteiger partial charge on any atom is -0.480 e. The standard InChI is InChI=1S/C19H21BrN2O2S/c1-2-21(12-15-6-4-3-5-7-15)18(25)13-22(14-19(23)24)17-10-8-16(20)9-11-17/h3-11H,2,12-14H2,1H3,(H,23,24). The molecule has 25 heavy (non-hydrogen) atoms. The number of carboxylic acid groups (broad SMARTS) is 1. The van der Waals surface area contributed by atoms with Crippen LogP contribution in [0.15, 0.2) is 59.1 Å². The van der Waals surface area contributed by atoms with Crippen LogP contribution in [-0.2, 0) is 11.3 Å². The number of nitrogens with zero attached hydrogens (tertiary/aromatic N) is 2. The fourth-order valence-corrected chi connectivity index (χ4v) is 3.11. The lowest BCUT2D eigenvalue weighted by molar-refractivity contribution is -0.135. The van der Waals surface area contributed by atoms with Gasteiger partial charge in [0.25, 0.3) is 0 Å². The zero-order valence-corrected chi connectivity index (χ0v) is 16.5. The number of likely N-dealkylation sites (N-methyl/N-ethyl adjacent to an activating group) is 1. The zero-order valence-electron chi connectivity index (χ0n) is 14.1. The van der Waals surface area contributed by atoms with Crippen molar-refractivity contribution >= 4 is 44.8 Å². The van der Waals surface area contributed by atoms with Gasteiger partial charge in [0, 0.05) is 23.2 Å². The number of carboxylic acids is 1. The van der Waals surface area contributed by atoms with Gasteiger partial charge in [0.2, 0.25) is 0 Å². The molecule has 0 bridgehead atoms. The third-order valence-electron chi connectivity index (χ3n) is 3.79. The molecule has 0 heterocycles. The zero-order chi connectivity index (χ0) is 18.2. The molecule has 0 fully saturated rings. The van der Waals surface area contributed by atoms with E-state index in [1.807, 2.05) is 42.5 Å². The molecule has 6 heteroatoms. The van der Waals surface area contributed by atoms with E-state index in [9.17, 15) is 9.90 Å². The Morgan fingerprint density at radius 2 is 1.72 bits per heavy atom. The number of thiocarbonyl (C=S) groups is 1. The lowest BCUT2D eigenvalue weighted by atomic mass is 10.2. The molecule has 0 amide bonds. The average Bonchev–Trinajstić information content (AvgIpc) is 2.60. The molecule has 2 aromatic rings. The van der Waals surface area contributed by atoms with E-state index in [2.05, 4.69) is 39.9 Å². The van der Waals surface area contributed by atoms with Gasteiger partial charge < -0.3 is 14.9 Å². The number of halogens is 1. The van der Waals surface area contributed by atoms with E-state index in [-0.39, 0.29) is 6.54 Å². The summed E-state index contributed by atoms with van der Waals surface area (Å²) in [5.41, 5.74) is 2.02. The first-order chi connectivity index (χ1) is 12.0. The molecule has 2 aromatic carbocycles. The van der Waals surface area contributed by atoms with Crippen LogP contribution in [0, 0.1) is 0 Å². The summed E-state index contributed by atoms with van der Waals surface area (Å²) in [5.74, 6) is -0.878. The van der Waals surface area contributed by atoms with E-state index in [1.165, 1.54) is 5.56 Å². The third-order valence-corrected chi connectivity index (χ3v) is 4.71. The molecule has 2 rings (SSSR count). The van der Waals surface area contributed by atoms with E-state index in [0.717, 1.165) is 28.2 Å². The van der Waals surface area contributed by atoms with E-state index >= 15 is 0 Å². The van der Waals surface area contributed by atoms with Crippen molar-refractivity contribution in [3.8, 4) is 0 Å². The smallest absolute Gasteiger partial charge is 0.323 e. The van der Waals surface area contributed by atoms with Gasteiger partial charge in [0.15, 0.2) is 0 Å². The summed E-state index contributed by atoms with van der Waals surface area (Å²) in [4.78, 5) is 15.9. The Bertz CT molecular complexity index is 707. The Balaban J connectivity index is 2.11. The van der Waals surface area contributed by atoms with Gasteiger partial charge in [-0.05, 0) is 36.8 Å². The van der Waals surface area contributed by atoms with Crippen molar-refractivity contribution in [2.24, 2.45) is 0 Å². The van der Waals surface area contributed by atoms with E-state index in [4.69, 9.17) is 12.2 Å². The number of carbonyl (C=O) groups is 1. The van der Waals surface area contributed by atoms with Crippen molar-refractivity contribution < 1.29 is 9.90 Å². The van der Waals surface area contributed by atoms with Gasteiger partial charge in [-0.25, -0.2) is 0 Å². The van der Waals surface area contributed by atoms with Crippen LogP contribution in [0.2, 0.25) is 0 Å². The molecule has 1 N–H and O–H groups in total. The number of benzene rings is 2. The Kier molecular flexibility index (Phi) is 7.40. The summed E-state index contributed by atoms with van der Waals surface area (Å²) in [6.45, 7) is 3.84. The molecule has 0 aliphatic heterocycles. The molecule has 0 saturated carbocycles. The number of aliphatic carboxylic acids is 1. The van der Waals surface area contributed by atoms with E-state index in [1.54, 1.807) is 4.90 Å². The minimum absolute atomic E-state index is 0.0926. The predicted molar refractivity (Wildman–Crippen MR) is 109 cm³/mol. The van der Waals surface area contributed by atoms with Crippen LogP contribution >= 0.6 is 28.1 Å². The van der Waals surface area contributed by atoms with Gasteiger partial charge in [-0.3, -0.25) is 4.79 Å². The summed E-state index contributed by atoms with van der Waals surface area (Å²) < 4.78 is 0.952. The molecule has 0 saturated heterocycles. The Morgan fingerprint density at radius 3 is 2.28 bits per heavy atom. The Labute approximate surface area is 162 Å². The quantitative estimate of drug-likeness (QED) is 0.648. The largest absolute Gasteiger partial charge is 0.480 e. The van der Waals surface area contributed by atoms with Crippen molar-refractivity contribution in [2.45, 2.75) is 13.5 Å². The van der Waals surface area contributed by atoms with Gasteiger partial charge in [0.1, 0.15) is 6.54 Å². The fraction of sp³-hybridized carbons (Fsp3) is 0.263. The molecular formula is C19H21BrN2O2S. The molecule has 132 valence electrons. The average molecular weight is 421 g/mol. The van der Waals surface area contributed by atoms with Crippen LogP contribution in [-0.4, -0.2) is 40.6 Å². The molecule has 0 radical (unpaired) electrons. The van der Waals surface area contributed by atoms with Gasteiger partial charge in [-0.1, -0.05) is 58.5 Å². The normalized spacial score (nSPS) is 10.3. The van der Waals surface area contributed by atoms with Crippen molar-refractivity contribution in [1.82, 2.24) is 4.90 Å². The number of rotatable bonds is 8. The highest BCUT2D eigenvalue weighted by atomic mass is 79.9. The van der Waals surface area contributed by atoms with Crippen molar-refractivity contribution in [2.75, 3.05) is 24.5 Å². The van der Waals surface area contributed by atoms with Crippen LogP contribution in [0.3, 0.4) is 0 Å². The maximum absolute atomic E-state index is 11.3. The van der Waals surface area contributed by atoms with Crippen LogP contribution in [0.25, 0.3) is 0 Å². The maximum atomic E-state index is 11.3. The van der Waals surface area contributed by atoms with Crippen molar-refractivity contribution in [3.05, 3.63) is 64.6 Å². The first kappa shape index (κ1) is 19.4. The molecule has 0 aliphatic carbocycles. The second-order valence-corrected chi connectivity index (χ2v) is 7.01. The SMILES string of the molecule is CCN(Cc1ccccc1)C(=S)CN(CC(=O)O)c1ccc(Br)cc1. The highest BCUT2D eigenvalue weighted by molar-refractivity contribution is 9.10. The molecule has 0 aromatic heterocycles. The summed E-state index contributed by atoms with van der Waals surface area (Å²) in [6, 6.07) is 17.7. The second-order valence-electron chi connectivity index (χ2n) is 5.62. The summed E-state index contributed by atoms with van der Waals surface area (Å²) in [6.07, 6.45) is 0. The lowest BCUT2D eigenvalue weighted by Crippen LogP contribution is -2.41. The second kappa shape index (κ2) is 9.53. The topological polar surface area (TPSA) is 43.8 Å². The fourth-order valence-electron chi connectivity index (χ4n) is 2.50.